The number of piperidine rings is 1. The summed E-state index contributed by atoms with van der Waals surface area (Å²) in [6.45, 7) is 7.48. The first-order valence-electron chi connectivity index (χ1n) is 8.14. The van der Waals surface area contributed by atoms with E-state index in [0.717, 1.165) is 38.8 Å². The van der Waals surface area contributed by atoms with Crippen molar-refractivity contribution < 1.29 is 9.53 Å². The predicted octanol–water partition coefficient (Wildman–Crippen LogP) is 2.53. The highest BCUT2D eigenvalue weighted by atomic mass is 16.5. The minimum absolute atomic E-state index is 0.0463. The molecule has 1 aromatic rings. The minimum atomic E-state index is 0.0463. The molecule has 1 aliphatic heterocycles. The summed E-state index contributed by atoms with van der Waals surface area (Å²) in [7, 11) is 0. The third kappa shape index (κ3) is 4.58. The molecule has 1 fully saturated rings. The number of nitrogens with one attached hydrogen (secondary N) is 1. The van der Waals surface area contributed by atoms with E-state index in [0.29, 0.717) is 11.7 Å². The van der Waals surface area contributed by atoms with E-state index < -0.39 is 0 Å². The number of nitrogens with zero attached hydrogens (tertiary/aromatic N) is 3. The smallest absolute Gasteiger partial charge is 0.317 e. The largest absolute Gasteiger partial charge is 0.474 e. The molecule has 0 atom stereocenters. The number of hydrogen-bond acceptors (Lipinski definition) is 4. The highest BCUT2D eigenvalue weighted by molar-refractivity contribution is 5.74. The Bertz CT molecular complexity index is 483. The van der Waals surface area contributed by atoms with Gasteiger partial charge in [-0.05, 0) is 19.8 Å². The van der Waals surface area contributed by atoms with E-state index in [1.165, 1.54) is 0 Å². The number of ether oxygens (including phenoxy) is 1. The molecule has 2 rings (SSSR count). The molecule has 0 aromatic carbocycles. The van der Waals surface area contributed by atoms with Crippen molar-refractivity contribution in [2.45, 2.75) is 58.6 Å². The van der Waals surface area contributed by atoms with Gasteiger partial charge in [-0.1, -0.05) is 13.8 Å². The first-order chi connectivity index (χ1) is 10.6. The Morgan fingerprint density at radius 2 is 2.09 bits per heavy atom. The molecular weight excluding hydrogens is 280 g/mol. The van der Waals surface area contributed by atoms with Crippen molar-refractivity contribution >= 4 is 6.03 Å². The molecule has 0 radical (unpaired) electrons. The fourth-order valence-electron chi connectivity index (χ4n) is 2.61. The number of aryl methyl sites for hydroxylation is 1. The summed E-state index contributed by atoms with van der Waals surface area (Å²) in [6.07, 6.45) is 5.42. The Morgan fingerprint density at radius 3 is 2.68 bits per heavy atom. The average molecular weight is 306 g/mol. The molecule has 0 saturated carbocycles. The van der Waals surface area contributed by atoms with Gasteiger partial charge in [0, 0.05) is 44.2 Å². The SMILES string of the molecule is CCC(CC)NC(=O)N1CCC(Oc2ccnc(C)n2)CC1. The fourth-order valence-corrected chi connectivity index (χ4v) is 2.61. The van der Waals surface area contributed by atoms with Crippen LogP contribution in [0.3, 0.4) is 0 Å². The molecule has 1 N–H and O–H groups in total. The minimum Gasteiger partial charge on any atom is -0.474 e. The zero-order chi connectivity index (χ0) is 15.9. The maximum Gasteiger partial charge on any atom is 0.317 e. The number of aromatic nitrogens is 2. The Kier molecular flexibility index (Phi) is 5.98. The van der Waals surface area contributed by atoms with Gasteiger partial charge in [0.25, 0.3) is 0 Å². The Balaban J connectivity index is 1.79. The van der Waals surface area contributed by atoms with E-state index in [2.05, 4.69) is 29.1 Å². The highest BCUT2D eigenvalue weighted by Crippen LogP contribution is 2.17. The molecule has 22 heavy (non-hydrogen) atoms. The number of hydrogen-bond donors (Lipinski definition) is 1. The van der Waals surface area contributed by atoms with Crippen molar-refractivity contribution in [2.24, 2.45) is 0 Å². The van der Waals surface area contributed by atoms with Gasteiger partial charge >= 0.3 is 6.03 Å². The molecule has 1 aromatic heterocycles. The molecule has 2 amide bonds. The van der Waals surface area contributed by atoms with Crippen LogP contribution in [0.4, 0.5) is 4.79 Å². The summed E-state index contributed by atoms with van der Waals surface area (Å²) < 4.78 is 5.88. The van der Waals surface area contributed by atoms with Gasteiger partial charge in [0.05, 0.1) is 0 Å². The molecule has 0 aliphatic carbocycles. The van der Waals surface area contributed by atoms with Crippen molar-refractivity contribution in [3.05, 3.63) is 18.1 Å². The number of carbonyl (C=O) groups excluding carboxylic acids is 1. The van der Waals surface area contributed by atoms with Gasteiger partial charge < -0.3 is 15.0 Å². The van der Waals surface area contributed by atoms with Crippen molar-refractivity contribution in [2.75, 3.05) is 13.1 Å². The Hall–Kier alpha value is -1.85. The zero-order valence-electron chi connectivity index (χ0n) is 13.7. The normalized spacial score (nSPS) is 15.9. The second kappa shape index (κ2) is 7.96. The molecule has 0 bridgehead atoms. The standard InChI is InChI=1S/C16H26N4O2/c1-4-13(5-2)19-16(21)20-10-7-14(8-11-20)22-15-6-9-17-12(3)18-15/h6,9,13-14H,4-5,7-8,10-11H2,1-3H3,(H,19,21). The van der Waals surface area contributed by atoms with Crippen molar-refractivity contribution in [3.63, 3.8) is 0 Å². The zero-order valence-corrected chi connectivity index (χ0v) is 13.7. The third-order valence-corrected chi connectivity index (χ3v) is 4.08. The second-order valence-electron chi connectivity index (χ2n) is 5.71. The first-order valence-corrected chi connectivity index (χ1v) is 8.14. The van der Waals surface area contributed by atoms with Crippen LogP contribution in [0.15, 0.2) is 12.3 Å². The first kappa shape index (κ1) is 16.5. The maximum absolute atomic E-state index is 12.2. The summed E-state index contributed by atoms with van der Waals surface area (Å²) in [5, 5.41) is 3.08. The van der Waals surface area contributed by atoms with Crippen LogP contribution in [-0.4, -0.2) is 46.1 Å². The van der Waals surface area contributed by atoms with Gasteiger partial charge in [0.1, 0.15) is 11.9 Å². The molecule has 1 saturated heterocycles. The lowest BCUT2D eigenvalue weighted by atomic mass is 10.1. The number of carbonyl (C=O) groups is 1. The summed E-state index contributed by atoms with van der Waals surface area (Å²) in [5.74, 6) is 1.33. The van der Waals surface area contributed by atoms with Gasteiger partial charge in [-0.2, -0.15) is 4.98 Å². The summed E-state index contributed by atoms with van der Waals surface area (Å²) in [4.78, 5) is 22.4. The van der Waals surface area contributed by atoms with E-state index in [4.69, 9.17) is 4.74 Å². The monoisotopic (exact) mass is 306 g/mol. The lowest BCUT2D eigenvalue weighted by Gasteiger charge is -2.33. The van der Waals surface area contributed by atoms with Crippen LogP contribution in [0.5, 0.6) is 5.88 Å². The van der Waals surface area contributed by atoms with Gasteiger partial charge in [-0.15, -0.1) is 0 Å². The van der Waals surface area contributed by atoms with Crippen molar-refractivity contribution in [3.8, 4) is 5.88 Å². The van der Waals surface area contributed by atoms with Crippen LogP contribution < -0.4 is 10.1 Å². The quantitative estimate of drug-likeness (QED) is 0.907. The lowest BCUT2D eigenvalue weighted by molar-refractivity contribution is 0.106. The highest BCUT2D eigenvalue weighted by Gasteiger charge is 2.25. The van der Waals surface area contributed by atoms with Crippen LogP contribution in [0.25, 0.3) is 0 Å². The van der Waals surface area contributed by atoms with Gasteiger partial charge in [0.2, 0.25) is 5.88 Å². The van der Waals surface area contributed by atoms with E-state index in [-0.39, 0.29) is 18.2 Å². The van der Waals surface area contributed by atoms with E-state index in [1.807, 2.05) is 11.8 Å². The second-order valence-corrected chi connectivity index (χ2v) is 5.71. The number of amides is 2. The molecule has 2 heterocycles. The van der Waals surface area contributed by atoms with Gasteiger partial charge in [-0.25, -0.2) is 9.78 Å². The van der Waals surface area contributed by atoms with Crippen LogP contribution in [0, 0.1) is 6.92 Å². The lowest BCUT2D eigenvalue weighted by Crippen LogP contribution is -2.49. The summed E-state index contributed by atoms with van der Waals surface area (Å²) in [5.41, 5.74) is 0. The Morgan fingerprint density at radius 1 is 1.41 bits per heavy atom. The topological polar surface area (TPSA) is 67.4 Å². The van der Waals surface area contributed by atoms with E-state index >= 15 is 0 Å². The number of rotatable bonds is 5. The van der Waals surface area contributed by atoms with Crippen LogP contribution >= 0.6 is 0 Å². The fraction of sp³-hybridized carbons (Fsp3) is 0.688. The number of likely N-dealkylation sites (tertiary alicyclic amines) is 1. The summed E-state index contributed by atoms with van der Waals surface area (Å²) >= 11 is 0. The van der Waals surface area contributed by atoms with Crippen LogP contribution in [-0.2, 0) is 0 Å². The van der Waals surface area contributed by atoms with Gasteiger partial charge in [-0.3, -0.25) is 0 Å². The van der Waals surface area contributed by atoms with Crippen molar-refractivity contribution in [1.82, 2.24) is 20.2 Å². The molecule has 0 unspecified atom stereocenters. The van der Waals surface area contributed by atoms with Crippen molar-refractivity contribution in [1.29, 1.82) is 0 Å². The summed E-state index contributed by atoms with van der Waals surface area (Å²) in [6, 6.07) is 2.09. The molecule has 6 heteroatoms. The van der Waals surface area contributed by atoms with Crippen LogP contribution in [0.1, 0.15) is 45.4 Å². The number of urea groups is 1. The Labute approximate surface area is 132 Å². The van der Waals surface area contributed by atoms with Crippen LogP contribution in [0.2, 0.25) is 0 Å². The van der Waals surface area contributed by atoms with E-state index in [9.17, 15) is 4.79 Å². The predicted molar refractivity (Wildman–Crippen MR) is 84.9 cm³/mol. The molecule has 6 nitrogen and oxygen atoms in total. The van der Waals surface area contributed by atoms with E-state index in [1.54, 1.807) is 12.3 Å². The molecule has 0 spiro atoms. The molecule has 122 valence electrons. The van der Waals surface area contributed by atoms with Gasteiger partial charge in [0.15, 0.2) is 0 Å². The average Bonchev–Trinajstić information content (AvgIpc) is 2.53. The molecule has 1 aliphatic rings. The maximum atomic E-state index is 12.2. The molecular formula is C16H26N4O2. The third-order valence-electron chi connectivity index (χ3n) is 4.08.